The van der Waals surface area contributed by atoms with Gasteiger partial charge in [0.15, 0.2) is 0 Å². The predicted octanol–water partition coefficient (Wildman–Crippen LogP) is 2.64. The fourth-order valence-electron chi connectivity index (χ4n) is 1.99. The highest BCUT2D eigenvalue weighted by atomic mass is 32.1. The average molecular weight is 264 g/mol. The van der Waals surface area contributed by atoms with Crippen LogP contribution in [0.25, 0.3) is 0 Å². The Morgan fingerprint density at radius 1 is 1.44 bits per heavy atom. The topological polar surface area (TPSA) is 42.7 Å². The van der Waals surface area contributed by atoms with Crippen molar-refractivity contribution in [3.8, 4) is 0 Å². The molecule has 18 heavy (non-hydrogen) atoms. The third-order valence-electron chi connectivity index (χ3n) is 2.97. The van der Waals surface area contributed by atoms with Crippen molar-refractivity contribution in [2.45, 2.75) is 39.3 Å². The Bertz CT molecular complexity index is 449. The fourth-order valence-corrected chi connectivity index (χ4v) is 2.71. The molecule has 1 unspecified atom stereocenters. The summed E-state index contributed by atoms with van der Waals surface area (Å²) < 4.78 is 1.97. The van der Waals surface area contributed by atoms with Gasteiger partial charge in [0.2, 0.25) is 0 Å². The second-order valence-electron chi connectivity index (χ2n) is 4.26. The predicted molar refractivity (Wildman–Crippen MR) is 74.8 cm³/mol. The van der Waals surface area contributed by atoms with E-state index in [9.17, 15) is 0 Å². The molecule has 0 saturated carbocycles. The van der Waals surface area contributed by atoms with Gasteiger partial charge in [-0.15, -0.1) is 0 Å². The summed E-state index contributed by atoms with van der Waals surface area (Å²) in [5.74, 6) is 1.05. The molecule has 0 aliphatic carbocycles. The number of nitrogens with one attached hydrogen (secondary N) is 1. The first-order chi connectivity index (χ1) is 8.85. The number of aromatic nitrogens is 3. The van der Waals surface area contributed by atoms with Crippen molar-refractivity contribution in [2.24, 2.45) is 0 Å². The molecule has 0 spiro atoms. The second kappa shape index (κ2) is 6.66. The molecule has 1 atom stereocenters. The number of aryl methyl sites for hydroxylation is 1. The minimum atomic E-state index is 0.339. The molecular weight excluding hydrogens is 244 g/mol. The van der Waals surface area contributed by atoms with Gasteiger partial charge in [0.05, 0.1) is 0 Å². The summed E-state index contributed by atoms with van der Waals surface area (Å²) in [6.45, 7) is 6.18. The maximum atomic E-state index is 4.36. The first-order valence-electron chi connectivity index (χ1n) is 6.47. The number of hydrogen-bond acceptors (Lipinski definition) is 4. The molecule has 0 fully saturated rings. The van der Waals surface area contributed by atoms with Gasteiger partial charge in [-0.1, -0.05) is 6.92 Å². The number of hydrogen-bond donors (Lipinski definition) is 1. The van der Waals surface area contributed by atoms with E-state index >= 15 is 0 Å². The van der Waals surface area contributed by atoms with Crippen molar-refractivity contribution in [2.75, 3.05) is 6.54 Å². The van der Waals surface area contributed by atoms with Crippen LogP contribution in [0.5, 0.6) is 0 Å². The van der Waals surface area contributed by atoms with Crippen LogP contribution >= 0.6 is 11.3 Å². The van der Waals surface area contributed by atoms with Crippen LogP contribution < -0.4 is 5.32 Å². The van der Waals surface area contributed by atoms with E-state index < -0.39 is 0 Å². The van der Waals surface area contributed by atoms with Gasteiger partial charge in [0, 0.05) is 19.0 Å². The lowest BCUT2D eigenvalue weighted by Gasteiger charge is -2.17. The van der Waals surface area contributed by atoms with Crippen molar-refractivity contribution in [1.82, 2.24) is 20.1 Å². The van der Waals surface area contributed by atoms with Crippen LogP contribution in [0.15, 0.2) is 23.2 Å². The molecule has 1 N–H and O–H groups in total. The highest BCUT2D eigenvalue weighted by Crippen LogP contribution is 2.20. The molecule has 0 radical (unpaired) electrons. The van der Waals surface area contributed by atoms with E-state index in [1.165, 1.54) is 5.56 Å². The summed E-state index contributed by atoms with van der Waals surface area (Å²) in [6.07, 6.45) is 3.68. The summed E-state index contributed by atoms with van der Waals surface area (Å²) in [5, 5.41) is 12.2. The lowest BCUT2D eigenvalue weighted by atomic mass is 10.1. The molecular formula is C13H20N4S. The summed E-state index contributed by atoms with van der Waals surface area (Å²) in [6, 6.07) is 2.52. The largest absolute Gasteiger partial charge is 0.310 e. The Labute approximate surface area is 112 Å². The van der Waals surface area contributed by atoms with Crippen LogP contribution in [0.2, 0.25) is 0 Å². The third kappa shape index (κ3) is 3.17. The van der Waals surface area contributed by atoms with Crippen molar-refractivity contribution < 1.29 is 0 Å². The van der Waals surface area contributed by atoms with Gasteiger partial charge in [-0.3, -0.25) is 4.68 Å². The zero-order valence-electron chi connectivity index (χ0n) is 11.0. The molecule has 2 heterocycles. The average Bonchev–Trinajstić information content (AvgIpc) is 3.04. The van der Waals surface area contributed by atoms with Gasteiger partial charge in [0.25, 0.3) is 0 Å². The van der Waals surface area contributed by atoms with Crippen LogP contribution in [0.1, 0.15) is 37.7 Å². The monoisotopic (exact) mass is 264 g/mol. The van der Waals surface area contributed by atoms with E-state index in [1.54, 1.807) is 17.7 Å². The third-order valence-corrected chi connectivity index (χ3v) is 3.67. The number of rotatable bonds is 7. The van der Waals surface area contributed by atoms with Crippen LogP contribution in [0.4, 0.5) is 0 Å². The molecule has 98 valence electrons. The summed E-state index contributed by atoms with van der Waals surface area (Å²) in [7, 11) is 0. The molecule has 0 amide bonds. The van der Waals surface area contributed by atoms with Crippen molar-refractivity contribution >= 4 is 11.3 Å². The van der Waals surface area contributed by atoms with Crippen molar-refractivity contribution in [1.29, 1.82) is 0 Å². The Balaban J connectivity index is 2.10. The summed E-state index contributed by atoms with van der Waals surface area (Å²) in [5.41, 5.74) is 1.35. The molecule has 2 aromatic rings. The Hall–Kier alpha value is -1.20. The minimum Gasteiger partial charge on any atom is -0.310 e. The minimum absolute atomic E-state index is 0.339. The number of nitrogens with zero attached hydrogens (tertiary/aromatic N) is 3. The van der Waals surface area contributed by atoms with E-state index in [1.807, 2.05) is 4.68 Å². The second-order valence-corrected chi connectivity index (χ2v) is 5.04. The lowest BCUT2D eigenvalue weighted by molar-refractivity contribution is 0.498. The maximum absolute atomic E-state index is 4.36. The zero-order valence-corrected chi connectivity index (χ0v) is 11.8. The maximum Gasteiger partial charge on any atom is 0.138 e. The van der Waals surface area contributed by atoms with E-state index in [2.05, 4.69) is 46.1 Å². The molecule has 5 heteroatoms. The van der Waals surface area contributed by atoms with Crippen LogP contribution in [0, 0.1) is 0 Å². The molecule has 4 nitrogen and oxygen atoms in total. The molecule has 0 aliphatic rings. The van der Waals surface area contributed by atoms with Crippen molar-refractivity contribution in [3.05, 3.63) is 34.5 Å². The number of thiophene rings is 1. The van der Waals surface area contributed by atoms with E-state index in [4.69, 9.17) is 0 Å². The molecule has 0 aliphatic heterocycles. The van der Waals surface area contributed by atoms with E-state index in [0.717, 1.165) is 31.8 Å². The molecule has 2 aromatic heterocycles. The highest BCUT2D eigenvalue weighted by Gasteiger charge is 2.15. The Kier molecular flexibility index (Phi) is 4.90. The smallest absolute Gasteiger partial charge is 0.138 e. The van der Waals surface area contributed by atoms with E-state index in [0.29, 0.717) is 6.04 Å². The quantitative estimate of drug-likeness (QED) is 0.836. The standard InChI is InChI=1S/C13H20N4S/c1-3-6-14-12(11-5-7-18-9-11)8-13-15-10-16-17(13)4-2/h5,7,9-10,12,14H,3-4,6,8H2,1-2H3. The van der Waals surface area contributed by atoms with Gasteiger partial charge in [-0.25, -0.2) is 4.98 Å². The van der Waals surface area contributed by atoms with Gasteiger partial charge < -0.3 is 5.32 Å². The van der Waals surface area contributed by atoms with Gasteiger partial charge in [0.1, 0.15) is 12.2 Å². The van der Waals surface area contributed by atoms with Gasteiger partial charge in [-0.2, -0.15) is 16.4 Å². The molecule has 0 bridgehead atoms. The first-order valence-corrected chi connectivity index (χ1v) is 7.41. The Morgan fingerprint density at radius 3 is 3.00 bits per heavy atom. The SMILES string of the molecule is CCCNC(Cc1ncnn1CC)c1ccsc1. The van der Waals surface area contributed by atoms with Crippen LogP contribution in [0.3, 0.4) is 0 Å². The lowest BCUT2D eigenvalue weighted by Crippen LogP contribution is -2.25. The highest BCUT2D eigenvalue weighted by molar-refractivity contribution is 7.07. The van der Waals surface area contributed by atoms with Crippen molar-refractivity contribution in [3.63, 3.8) is 0 Å². The molecule has 0 aromatic carbocycles. The summed E-state index contributed by atoms with van der Waals surface area (Å²) in [4.78, 5) is 4.36. The van der Waals surface area contributed by atoms with Crippen LogP contribution in [-0.4, -0.2) is 21.3 Å². The normalized spacial score (nSPS) is 12.8. The van der Waals surface area contributed by atoms with Gasteiger partial charge in [-0.05, 0) is 42.3 Å². The zero-order chi connectivity index (χ0) is 12.8. The van der Waals surface area contributed by atoms with Gasteiger partial charge >= 0.3 is 0 Å². The Morgan fingerprint density at radius 2 is 2.33 bits per heavy atom. The van der Waals surface area contributed by atoms with Crippen LogP contribution in [-0.2, 0) is 13.0 Å². The molecule has 0 saturated heterocycles. The fraction of sp³-hybridized carbons (Fsp3) is 0.538. The first kappa shape index (κ1) is 13.2. The van der Waals surface area contributed by atoms with E-state index in [-0.39, 0.29) is 0 Å². The molecule has 2 rings (SSSR count). The summed E-state index contributed by atoms with van der Waals surface area (Å²) >= 11 is 1.74.